The molecule has 1 aliphatic carbocycles. The molecular formula is C14H20ClN3O2. The molecule has 1 fully saturated rings. The van der Waals surface area contributed by atoms with E-state index in [4.69, 9.17) is 22.1 Å². The van der Waals surface area contributed by atoms with Gasteiger partial charge in [0.2, 0.25) is 0 Å². The van der Waals surface area contributed by atoms with Crippen molar-refractivity contribution in [2.45, 2.75) is 39.3 Å². The lowest BCUT2D eigenvalue weighted by Crippen LogP contribution is -2.62. The SMILES string of the molecule is CCOC1CC(NC(=O)c2nc(N)ccc2Cl)C1(C)C. The first kappa shape index (κ1) is 15.1. The molecule has 2 rings (SSSR count). The minimum absolute atomic E-state index is 0.0471. The van der Waals surface area contributed by atoms with Crippen molar-refractivity contribution in [1.82, 2.24) is 10.3 Å². The van der Waals surface area contributed by atoms with Crippen LogP contribution in [0.15, 0.2) is 12.1 Å². The summed E-state index contributed by atoms with van der Waals surface area (Å²) in [5.41, 5.74) is 5.66. The van der Waals surface area contributed by atoms with Crippen LogP contribution in [-0.4, -0.2) is 29.6 Å². The number of anilines is 1. The van der Waals surface area contributed by atoms with Gasteiger partial charge in [0.25, 0.3) is 5.91 Å². The minimum Gasteiger partial charge on any atom is -0.384 e. The van der Waals surface area contributed by atoms with Gasteiger partial charge in [0.1, 0.15) is 11.5 Å². The number of amides is 1. The second-order valence-electron chi connectivity index (χ2n) is 5.59. The van der Waals surface area contributed by atoms with Crippen molar-refractivity contribution in [2.75, 3.05) is 12.3 Å². The largest absolute Gasteiger partial charge is 0.384 e. The predicted octanol–water partition coefficient (Wildman–Crippen LogP) is 2.25. The molecule has 5 nitrogen and oxygen atoms in total. The highest BCUT2D eigenvalue weighted by atomic mass is 35.5. The van der Waals surface area contributed by atoms with Crippen LogP contribution in [0.4, 0.5) is 5.82 Å². The van der Waals surface area contributed by atoms with Gasteiger partial charge < -0.3 is 15.8 Å². The Labute approximate surface area is 123 Å². The van der Waals surface area contributed by atoms with Crippen LogP contribution in [0.1, 0.15) is 37.7 Å². The molecule has 6 heteroatoms. The summed E-state index contributed by atoms with van der Waals surface area (Å²) in [4.78, 5) is 16.2. The monoisotopic (exact) mass is 297 g/mol. The number of nitrogen functional groups attached to an aromatic ring is 1. The Morgan fingerprint density at radius 2 is 2.30 bits per heavy atom. The third kappa shape index (κ3) is 2.74. The van der Waals surface area contributed by atoms with E-state index in [9.17, 15) is 4.79 Å². The van der Waals surface area contributed by atoms with E-state index >= 15 is 0 Å². The molecule has 0 radical (unpaired) electrons. The molecule has 2 unspecified atom stereocenters. The van der Waals surface area contributed by atoms with E-state index in [2.05, 4.69) is 24.1 Å². The number of nitrogens with zero attached hydrogens (tertiary/aromatic N) is 1. The lowest BCUT2D eigenvalue weighted by molar-refractivity contribution is -0.111. The number of hydrogen-bond acceptors (Lipinski definition) is 4. The van der Waals surface area contributed by atoms with Gasteiger partial charge in [-0.05, 0) is 25.5 Å². The highest BCUT2D eigenvalue weighted by Gasteiger charge is 2.49. The number of carbonyl (C=O) groups excluding carboxylic acids is 1. The Hall–Kier alpha value is -1.33. The van der Waals surface area contributed by atoms with Crippen molar-refractivity contribution in [2.24, 2.45) is 5.41 Å². The second-order valence-corrected chi connectivity index (χ2v) is 6.00. The van der Waals surface area contributed by atoms with Crippen LogP contribution in [0.2, 0.25) is 5.02 Å². The first-order chi connectivity index (χ1) is 9.36. The van der Waals surface area contributed by atoms with Gasteiger partial charge in [-0.1, -0.05) is 25.4 Å². The van der Waals surface area contributed by atoms with Crippen LogP contribution in [0, 0.1) is 5.41 Å². The molecule has 0 bridgehead atoms. The third-order valence-corrected chi connectivity index (χ3v) is 4.24. The van der Waals surface area contributed by atoms with Gasteiger partial charge in [0.05, 0.1) is 11.1 Å². The number of carbonyl (C=O) groups is 1. The summed E-state index contributed by atoms with van der Waals surface area (Å²) in [5, 5.41) is 3.26. The Kier molecular flexibility index (Phi) is 4.20. The first-order valence-electron chi connectivity index (χ1n) is 6.70. The maximum atomic E-state index is 12.2. The number of aromatic nitrogens is 1. The summed E-state index contributed by atoms with van der Waals surface area (Å²) in [5.74, 6) is -0.0186. The normalized spacial score (nSPS) is 24.0. The van der Waals surface area contributed by atoms with Crippen molar-refractivity contribution < 1.29 is 9.53 Å². The van der Waals surface area contributed by atoms with E-state index < -0.39 is 0 Å². The number of ether oxygens (including phenoxy) is 1. The van der Waals surface area contributed by atoms with E-state index in [0.29, 0.717) is 11.6 Å². The summed E-state index contributed by atoms with van der Waals surface area (Å²) in [6, 6.07) is 3.19. The van der Waals surface area contributed by atoms with Crippen molar-refractivity contribution >= 4 is 23.3 Å². The fourth-order valence-corrected chi connectivity index (χ4v) is 2.65. The van der Waals surface area contributed by atoms with E-state index in [1.54, 1.807) is 12.1 Å². The maximum Gasteiger partial charge on any atom is 0.271 e. The molecule has 0 spiro atoms. The van der Waals surface area contributed by atoms with Crippen molar-refractivity contribution in [3.8, 4) is 0 Å². The zero-order chi connectivity index (χ0) is 14.9. The molecule has 1 aromatic rings. The highest BCUT2D eigenvalue weighted by Crippen LogP contribution is 2.42. The lowest BCUT2D eigenvalue weighted by Gasteiger charge is -2.51. The quantitative estimate of drug-likeness (QED) is 0.893. The number of nitrogens with one attached hydrogen (secondary N) is 1. The second kappa shape index (κ2) is 5.58. The minimum atomic E-state index is -0.296. The molecule has 1 saturated carbocycles. The van der Waals surface area contributed by atoms with Gasteiger partial charge in [-0.2, -0.15) is 0 Å². The number of pyridine rings is 1. The molecule has 1 aliphatic rings. The average molecular weight is 298 g/mol. The molecule has 1 aromatic heterocycles. The molecule has 0 aliphatic heterocycles. The Bertz CT molecular complexity index is 519. The summed E-state index contributed by atoms with van der Waals surface area (Å²) < 4.78 is 5.64. The smallest absolute Gasteiger partial charge is 0.271 e. The van der Waals surface area contributed by atoms with Gasteiger partial charge in [0, 0.05) is 18.1 Å². The summed E-state index contributed by atoms with van der Waals surface area (Å²) >= 11 is 5.98. The predicted molar refractivity (Wildman–Crippen MR) is 78.7 cm³/mol. The van der Waals surface area contributed by atoms with Crippen LogP contribution in [0.25, 0.3) is 0 Å². The molecule has 3 N–H and O–H groups in total. The maximum absolute atomic E-state index is 12.2. The van der Waals surface area contributed by atoms with Crippen LogP contribution >= 0.6 is 11.6 Å². The topological polar surface area (TPSA) is 77.2 Å². The number of hydrogen-bond donors (Lipinski definition) is 2. The third-order valence-electron chi connectivity index (χ3n) is 3.93. The summed E-state index contributed by atoms with van der Waals surface area (Å²) in [6.45, 7) is 6.81. The average Bonchev–Trinajstić information content (AvgIpc) is 2.40. The summed E-state index contributed by atoms with van der Waals surface area (Å²) in [6.07, 6.45) is 0.967. The van der Waals surface area contributed by atoms with Gasteiger partial charge in [-0.25, -0.2) is 4.98 Å². The van der Waals surface area contributed by atoms with Gasteiger partial charge in [-0.15, -0.1) is 0 Å². The Balaban J connectivity index is 2.05. The zero-order valence-electron chi connectivity index (χ0n) is 11.9. The molecular weight excluding hydrogens is 278 g/mol. The van der Waals surface area contributed by atoms with Gasteiger partial charge >= 0.3 is 0 Å². The molecule has 1 amide bonds. The molecule has 0 aromatic carbocycles. The molecule has 1 heterocycles. The van der Waals surface area contributed by atoms with Crippen molar-refractivity contribution in [3.63, 3.8) is 0 Å². The van der Waals surface area contributed by atoms with Crippen molar-refractivity contribution in [3.05, 3.63) is 22.8 Å². The number of halogens is 1. The summed E-state index contributed by atoms with van der Waals surface area (Å²) in [7, 11) is 0. The van der Waals surface area contributed by atoms with Gasteiger partial charge in [-0.3, -0.25) is 4.79 Å². The Morgan fingerprint density at radius 3 is 2.90 bits per heavy atom. The van der Waals surface area contributed by atoms with E-state index in [1.807, 2.05) is 6.92 Å². The first-order valence-corrected chi connectivity index (χ1v) is 7.08. The molecule has 110 valence electrons. The van der Waals surface area contributed by atoms with Crippen molar-refractivity contribution in [1.29, 1.82) is 0 Å². The van der Waals surface area contributed by atoms with E-state index in [-0.39, 0.29) is 35.0 Å². The Morgan fingerprint density at radius 1 is 1.60 bits per heavy atom. The van der Waals surface area contributed by atoms with Crippen LogP contribution in [0.5, 0.6) is 0 Å². The van der Waals surface area contributed by atoms with Crippen LogP contribution in [-0.2, 0) is 4.74 Å². The van der Waals surface area contributed by atoms with Gasteiger partial charge in [0.15, 0.2) is 0 Å². The van der Waals surface area contributed by atoms with Crippen LogP contribution < -0.4 is 11.1 Å². The standard InChI is InChI=1S/C14H20ClN3O2/c1-4-20-10-7-9(14(10,2)3)17-13(19)12-8(15)5-6-11(16)18-12/h5-6,9-10H,4,7H2,1-3H3,(H2,16,18)(H,17,19). The zero-order valence-corrected chi connectivity index (χ0v) is 12.7. The number of nitrogens with two attached hydrogens (primary N) is 1. The molecule has 20 heavy (non-hydrogen) atoms. The number of rotatable bonds is 4. The fraction of sp³-hybridized carbons (Fsp3) is 0.571. The van der Waals surface area contributed by atoms with Crippen LogP contribution in [0.3, 0.4) is 0 Å². The lowest BCUT2D eigenvalue weighted by atomic mass is 9.64. The van der Waals surface area contributed by atoms with E-state index in [0.717, 1.165) is 6.42 Å². The highest BCUT2D eigenvalue weighted by molar-refractivity contribution is 6.33. The van der Waals surface area contributed by atoms with E-state index in [1.165, 1.54) is 0 Å². The molecule has 0 saturated heterocycles. The molecule has 2 atom stereocenters. The fourth-order valence-electron chi connectivity index (χ4n) is 2.46.